The molecule has 0 heterocycles. The second-order valence-electron chi connectivity index (χ2n) is 4.22. The lowest BCUT2D eigenvalue weighted by Gasteiger charge is -2.24. The van der Waals surface area contributed by atoms with Gasteiger partial charge in [0.25, 0.3) is 5.91 Å². The maximum absolute atomic E-state index is 13.9. The normalized spacial score (nSPS) is 10.3. The molecule has 3 N–H and O–H groups in total. The average molecular weight is 251 g/mol. The number of hydrogen-bond donors (Lipinski definition) is 2. The van der Waals surface area contributed by atoms with Crippen molar-refractivity contribution in [3.05, 3.63) is 23.0 Å². The third-order valence-electron chi connectivity index (χ3n) is 2.94. The average Bonchev–Trinajstić information content (AvgIpc) is 2.33. The molecule has 18 heavy (non-hydrogen) atoms. The van der Waals surface area contributed by atoms with Crippen LogP contribution in [-0.2, 0) is 4.79 Å². The molecule has 98 valence electrons. The summed E-state index contributed by atoms with van der Waals surface area (Å²) in [6.45, 7) is 6.74. The standard InChI is InChI=1S/C13H18FN3O/c1-5-17(13(18)9(4)15)11-6-10(16)7(2)12(14)8(11)3/h6,15H,5,16H2,1-4H3. The van der Waals surface area contributed by atoms with Crippen LogP contribution in [0, 0.1) is 25.1 Å². The maximum Gasteiger partial charge on any atom is 0.271 e. The smallest absolute Gasteiger partial charge is 0.271 e. The maximum atomic E-state index is 13.9. The number of carbonyl (C=O) groups excluding carboxylic acids is 1. The van der Waals surface area contributed by atoms with Crippen LogP contribution in [0.4, 0.5) is 15.8 Å². The lowest BCUT2D eigenvalue weighted by molar-refractivity contribution is -0.112. The summed E-state index contributed by atoms with van der Waals surface area (Å²) in [5.41, 5.74) is 7.13. The van der Waals surface area contributed by atoms with E-state index >= 15 is 0 Å². The summed E-state index contributed by atoms with van der Waals surface area (Å²) < 4.78 is 13.9. The molecular formula is C13H18FN3O. The Balaban J connectivity index is 3.40. The molecule has 0 aliphatic heterocycles. The Bertz CT molecular complexity index is 511. The van der Waals surface area contributed by atoms with Crippen molar-refractivity contribution in [2.75, 3.05) is 17.2 Å². The van der Waals surface area contributed by atoms with Crippen molar-refractivity contribution in [1.82, 2.24) is 0 Å². The molecule has 0 radical (unpaired) electrons. The molecule has 1 amide bonds. The Labute approximate surface area is 106 Å². The Morgan fingerprint density at radius 1 is 1.44 bits per heavy atom. The molecule has 0 aliphatic carbocycles. The fraction of sp³-hybridized carbons (Fsp3) is 0.385. The van der Waals surface area contributed by atoms with E-state index in [9.17, 15) is 9.18 Å². The largest absolute Gasteiger partial charge is 0.398 e. The van der Waals surface area contributed by atoms with Crippen LogP contribution in [0.2, 0.25) is 0 Å². The molecule has 0 atom stereocenters. The number of benzene rings is 1. The molecule has 0 unspecified atom stereocenters. The van der Waals surface area contributed by atoms with Crippen LogP contribution in [0.25, 0.3) is 0 Å². The van der Waals surface area contributed by atoms with Gasteiger partial charge in [-0.25, -0.2) is 4.39 Å². The number of nitrogens with two attached hydrogens (primary N) is 1. The van der Waals surface area contributed by atoms with E-state index in [1.54, 1.807) is 26.8 Å². The van der Waals surface area contributed by atoms with E-state index in [1.165, 1.54) is 11.8 Å². The lowest BCUT2D eigenvalue weighted by atomic mass is 10.1. The van der Waals surface area contributed by atoms with Gasteiger partial charge in [-0.2, -0.15) is 0 Å². The summed E-state index contributed by atoms with van der Waals surface area (Å²) >= 11 is 0. The third-order valence-corrected chi connectivity index (χ3v) is 2.94. The van der Waals surface area contributed by atoms with Crippen LogP contribution < -0.4 is 10.6 Å². The van der Waals surface area contributed by atoms with E-state index in [2.05, 4.69) is 0 Å². The summed E-state index contributed by atoms with van der Waals surface area (Å²) in [5.74, 6) is -0.845. The number of carbonyl (C=O) groups is 1. The van der Waals surface area contributed by atoms with Crippen LogP contribution >= 0.6 is 0 Å². The van der Waals surface area contributed by atoms with Crippen LogP contribution in [0.3, 0.4) is 0 Å². The van der Waals surface area contributed by atoms with Crippen molar-refractivity contribution in [3.63, 3.8) is 0 Å². The fourth-order valence-corrected chi connectivity index (χ4v) is 1.79. The van der Waals surface area contributed by atoms with E-state index in [4.69, 9.17) is 11.1 Å². The minimum absolute atomic E-state index is 0.0872. The minimum atomic E-state index is -0.441. The van der Waals surface area contributed by atoms with Gasteiger partial charge in [-0.3, -0.25) is 10.2 Å². The summed E-state index contributed by atoms with van der Waals surface area (Å²) in [7, 11) is 0. The van der Waals surface area contributed by atoms with Crippen molar-refractivity contribution in [2.45, 2.75) is 27.7 Å². The quantitative estimate of drug-likeness (QED) is 0.639. The summed E-state index contributed by atoms with van der Waals surface area (Å²) in [5, 5.41) is 7.39. The first-order valence-electron chi connectivity index (χ1n) is 5.73. The molecule has 0 aliphatic rings. The third kappa shape index (κ3) is 2.34. The van der Waals surface area contributed by atoms with E-state index < -0.39 is 11.7 Å². The Morgan fingerprint density at radius 3 is 2.44 bits per heavy atom. The molecule has 0 saturated heterocycles. The fourth-order valence-electron chi connectivity index (χ4n) is 1.79. The van der Waals surface area contributed by atoms with Gasteiger partial charge < -0.3 is 10.6 Å². The SMILES string of the molecule is CCN(C(=O)C(C)=N)c1cc(N)c(C)c(F)c1C. The number of nitrogen functional groups attached to an aromatic ring is 1. The zero-order valence-electron chi connectivity index (χ0n) is 11.1. The molecule has 0 bridgehead atoms. The van der Waals surface area contributed by atoms with Crippen molar-refractivity contribution >= 4 is 23.0 Å². The van der Waals surface area contributed by atoms with E-state index in [0.29, 0.717) is 29.0 Å². The molecule has 0 saturated carbocycles. The van der Waals surface area contributed by atoms with Crippen LogP contribution in [0.5, 0.6) is 0 Å². The van der Waals surface area contributed by atoms with Gasteiger partial charge in [0.15, 0.2) is 0 Å². The van der Waals surface area contributed by atoms with Crippen LogP contribution in [0.15, 0.2) is 6.07 Å². The summed E-state index contributed by atoms with van der Waals surface area (Å²) in [6, 6.07) is 1.58. The Morgan fingerprint density at radius 2 is 2.00 bits per heavy atom. The first kappa shape index (κ1) is 14.2. The van der Waals surface area contributed by atoms with Gasteiger partial charge in [-0.1, -0.05) is 0 Å². The Hall–Kier alpha value is -1.91. The molecule has 0 fully saturated rings. The minimum Gasteiger partial charge on any atom is -0.398 e. The number of halogens is 1. The number of amides is 1. The molecule has 1 rings (SSSR count). The number of nitrogens with zero attached hydrogens (tertiary/aromatic N) is 1. The van der Waals surface area contributed by atoms with Gasteiger partial charge in [0.1, 0.15) is 5.82 Å². The van der Waals surface area contributed by atoms with Gasteiger partial charge in [0.2, 0.25) is 0 Å². The monoisotopic (exact) mass is 251 g/mol. The molecule has 1 aromatic rings. The zero-order chi connectivity index (χ0) is 14.0. The number of anilines is 2. The number of hydrogen-bond acceptors (Lipinski definition) is 3. The predicted molar refractivity (Wildman–Crippen MR) is 71.7 cm³/mol. The highest BCUT2D eigenvalue weighted by Crippen LogP contribution is 2.29. The predicted octanol–water partition coefficient (Wildman–Crippen LogP) is 2.42. The first-order chi connectivity index (χ1) is 8.31. The van der Waals surface area contributed by atoms with Crippen molar-refractivity contribution in [3.8, 4) is 0 Å². The van der Waals surface area contributed by atoms with Gasteiger partial charge in [0.05, 0.1) is 11.4 Å². The van der Waals surface area contributed by atoms with Gasteiger partial charge in [-0.15, -0.1) is 0 Å². The van der Waals surface area contributed by atoms with Gasteiger partial charge in [-0.05, 0) is 33.8 Å². The highest BCUT2D eigenvalue weighted by Gasteiger charge is 2.21. The van der Waals surface area contributed by atoms with Crippen molar-refractivity contribution in [2.24, 2.45) is 0 Å². The highest BCUT2D eigenvalue weighted by molar-refractivity contribution is 6.41. The number of rotatable bonds is 3. The highest BCUT2D eigenvalue weighted by atomic mass is 19.1. The van der Waals surface area contributed by atoms with Crippen LogP contribution in [-0.4, -0.2) is 18.2 Å². The van der Waals surface area contributed by atoms with Crippen molar-refractivity contribution < 1.29 is 9.18 Å². The molecule has 0 spiro atoms. The van der Waals surface area contributed by atoms with Crippen molar-refractivity contribution in [1.29, 1.82) is 5.41 Å². The topological polar surface area (TPSA) is 70.2 Å². The second kappa shape index (κ2) is 5.16. The molecule has 0 aromatic heterocycles. The van der Waals surface area contributed by atoms with E-state index in [-0.39, 0.29) is 5.71 Å². The lowest BCUT2D eigenvalue weighted by Crippen LogP contribution is -2.35. The molecule has 1 aromatic carbocycles. The van der Waals surface area contributed by atoms with Gasteiger partial charge in [0, 0.05) is 23.4 Å². The zero-order valence-corrected chi connectivity index (χ0v) is 11.1. The molecular weight excluding hydrogens is 233 g/mol. The van der Waals surface area contributed by atoms with E-state index in [0.717, 1.165) is 0 Å². The number of nitrogens with one attached hydrogen (secondary N) is 1. The van der Waals surface area contributed by atoms with Gasteiger partial charge >= 0.3 is 0 Å². The Kier molecular flexibility index (Phi) is 4.06. The first-order valence-corrected chi connectivity index (χ1v) is 5.73. The molecule has 5 heteroatoms. The summed E-state index contributed by atoms with van der Waals surface area (Å²) in [4.78, 5) is 13.2. The van der Waals surface area contributed by atoms with E-state index in [1.807, 2.05) is 0 Å². The summed E-state index contributed by atoms with van der Waals surface area (Å²) in [6.07, 6.45) is 0. The van der Waals surface area contributed by atoms with Crippen LogP contribution in [0.1, 0.15) is 25.0 Å². The second-order valence-corrected chi connectivity index (χ2v) is 4.22. The molecule has 4 nitrogen and oxygen atoms in total.